The summed E-state index contributed by atoms with van der Waals surface area (Å²) in [5.41, 5.74) is 0.786. The lowest BCUT2D eigenvalue weighted by Crippen LogP contribution is -2.47. The largest absolute Gasteiger partial charge is 0.351 e. The highest BCUT2D eigenvalue weighted by atomic mass is 16.2. The number of carbonyl (C=O) groups excluding carboxylic acids is 2. The SMILES string of the molecule is CCCCN(C(=O)CC)C(C(=O)NC1CCCCC1)c1cccnc1. The van der Waals surface area contributed by atoms with Crippen molar-refractivity contribution >= 4 is 11.8 Å². The first-order valence-corrected chi connectivity index (χ1v) is 9.67. The smallest absolute Gasteiger partial charge is 0.247 e. The molecule has 25 heavy (non-hydrogen) atoms. The highest BCUT2D eigenvalue weighted by molar-refractivity contribution is 5.88. The molecular formula is C20H31N3O2. The maximum Gasteiger partial charge on any atom is 0.247 e. The fraction of sp³-hybridized carbons (Fsp3) is 0.650. The third-order valence-electron chi connectivity index (χ3n) is 4.89. The maximum absolute atomic E-state index is 13.1. The van der Waals surface area contributed by atoms with Gasteiger partial charge < -0.3 is 10.2 Å². The third kappa shape index (κ3) is 5.55. The van der Waals surface area contributed by atoms with Crippen molar-refractivity contribution in [3.05, 3.63) is 30.1 Å². The van der Waals surface area contributed by atoms with Crippen LogP contribution < -0.4 is 5.32 Å². The minimum Gasteiger partial charge on any atom is -0.351 e. The van der Waals surface area contributed by atoms with Gasteiger partial charge in [-0.1, -0.05) is 45.6 Å². The zero-order valence-electron chi connectivity index (χ0n) is 15.5. The molecule has 5 nitrogen and oxygen atoms in total. The lowest BCUT2D eigenvalue weighted by atomic mass is 9.94. The second-order valence-electron chi connectivity index (χ2n) is 6.83. The monoisotopic (exact) mass is 345 g/mol. The average Bonchev–Trinajstić information content (AvgIpc) is 2.65. The van der Waals surface area contributed by atoms with E-state index >= 15 is 0 Å². The van der Waals surface area contributed by atoms with Gasteiger partial charge in [0.25, 0.3) is 0 Å². The standard InChI is InChI=1S/C20H31N3O2/c1-3-5-14-23(18(24)4-2)19(16-10-9-13-21-15-16)20(25)22-17-11-7-6-8-12-17/h9-10,13,15,17,19H,3-8,11-12,14H2,1-2H3,(H,22,25). The zero-order valence-corrected chi connectivity index (χ0v) is 15.5. The maximum atomic E-state index is 13.1. The highest BCUT2D eigenvalue weighted by Crippen LogP contribution is 2.24. The fourth-order valence-electron chi connectivity index (χ4n) is 3.47. The Morgan fingerprint density at radius 2 is 2.04 bits per heavy atom. The van der Waals surface area contributed by atoms with E-state index in [2.05, 4.69) is 17.2 Å². The van der Waals surface area contributed by atoms with Crippen LogP contribution >= 0.6 is 0 Å². The van der Waals surface area contributed by atoms with Crippen LogP contribution in [-0.2, 0) is 9.59 Å². The molecule has 0 aromatic carbocycles. The van der Waals surface area contributed by atoms with E-state index in [1.807, 2.05) is 19.1 Å². The second-order valence-corrected chi connectivity index (χ2v) is 6.83. The Balaban J connectivity index is 2.23. The van der Waals surface area contributed by atoms with Crippen molar-refractivity contribution < 1.29 is 9.59 Å². The van der Waals surface area contributed by atoms with Crippen LogP contribution in [0.4, 0.5) is 0 Å². The molecule has 1 aromatic rings. The summed E-state index contributed by atoms with van der Waals surface area (Å²) in [7, 11) is 0. The van der Waals surface area contributed by atoms with E-state index in [0.29, 0.717) is 13.0 Å². The van der Waals surface area contributed by atoms with E-state index in [1.54, 1.807) is 17.3 Å². The van der Waals surface area contributed by atoms with Gasteiger partial charge in [-0.15, -0.1) is 0 Å². The lowest BCUT2D eigenvalue weighted by Gasteiger charge is -2.33. The highest BCUT2D eigenvalue weighted by Gasteiger charge is 2.31. The summed E-state index contributed by atoms with van der Waals surface area (Å²) in [5, 5.41) is 3.19. The molecule has 1 aliphatic rings. The minimum atomic E-state index is -0.588. The Bertz CT molecular complexity index is 541. The van der Waals surface area contributed by atoms with Crippen molar-refractivity contribution in [1.29, 1.82) is 0 Å². The number of nitrogens with one attached hydrogen (secondary N) is 1. The molecule has 1 atom stereocenters. The van der Waals surface area contributed by atoms with Crippen LogP contribution in [0.15, 0.2) is 24.5 Å². The molecule has 0 radical (unpaired) electrons. The Labute approximate surface area is 151 Å². The number of pyridine rings is 1. The summed E-state index contributed by atoms with van der Waals surface area (Å²) in [6, 6.07) is 3.35. The molecule has 0 bridgehead atoms. The van der Waals surface area contributed by atoms with E-state index in [0.717, 1.165) is 44.1 Å². The van der Waals surface area contributed by atoms with E-state index in [4.69, 9.17) is 0 Å². The Morgan fingerprint density at radius 3 is 2.64 bits per heavy atom. The number of hydrogen-bond acceptors (Lipinski definition) is 3. The quantitative estimate of drug-likeness (QED) is 0.783. The summed E-state index contributed by atoms with van der Waals surface area (Å²) in [4.78, 5) is 31.6. The topological polar surface area (TPSA) is 62.3 Å². The van der Waals surface area contributed by atoms with Crippen LogP contribution in [0.5, 0.6) is 0 Å². The molecule has 0 aliphatic heterocycles. The van der Waals surface area contributed by atoms with Crippen LogP contribution in [0.2, 0.25) is 0 Å². The predicted octanol–water partition coefficient (Wildman–Crippen LogP) is 3.61. The van der Waals surface area contributed by atoms with Gasteiger partial charge in [-0.05, 0) is 25.3 Å². The summed E-state index contributed by atoms with van der Waals surface area (Å²) in [6.07, 6.45) is 11.3. The van der Waals surface area contributed by atoms with Gasteiger partial charge in [-0.3, -0.25) is 14.6 Å². The number of rotatable bonds is 8. The number of hydrogen-bond donors (Lipinski definition) is 1. The lowest BCUT2D eigenvalue weighted by molar-refractivity contribution is -0.141. The molecule has 1 aromatic heterocycles. The summed E-state index contributed by atoms with van der Waals surface area (Å²) in [6.45, 7) is 4.54. The molecule has 1 saturated carbocycles. The normalized spacial score (nSPS) is 16.2. The van der Waals surface area contributed by atoms with Crippen molar-refractivity contribution in [3.8, 4) is 0 Å². The van der Waals surface area contributed by atoms with Crippen molar-refractivity contribution in [2.24, 2.45) is 0 Å². The third-order valence-corrected chi connectivity index (χ3v) is 4.89. The Kier molecular flexibility index (Phi) is 7.89. The molecule has 2 amide bonds. The zero-order chi connectivity index (χ0) is 18.1. The van der Waals surface area contributed by atoms with E-state index < -0.39 is 6.04 Å². The number of unbranched alkanes of at least 4 members (excludes halogenated alkanes) is 1. The van der Waals surface area contributed by atoms with Crippen LogP contribution in [-0.4, -0.2) is 34.3 Å². The summed E-state index contributed by atoms with van der Waals surface area (Å²) in [5.74, 6) is -0.0566. The van der Waals surface area contributed by atoms with Crippen LogP contribution in [0, 0.1) is 0 Å². The minimum absolute atomic E-state index is 0.0149. The number of carbonyl (C=O) groups is 2. The molecule has 1 unspecified atom stereocenters. The van der Waals surface area contributed by atoms with E-state index in [1.165, 1.54) is 6.42 Å². The van der Waals surface area contributed by atoms with Gasteiger partial charge in [0.15, 0.2) is 0 Å². The Hall–Kier alpha value is -1.91. The van der Waals surface area contributed by atoms with E-state index in [9.17, 15) is 9.59 Å². The van der Waals surface area contributed by atoms with Crippen LogP contribution in [0.1, 0.15) is 76.8 Å². The molecule has 0 saturated heterocycles. The molecule has 5 heteroatoms. The first-order valence-electron chi connectivity index (χ1n) is 9.67. The molecule has 0 spiro atoms. The Morgan fingerprint density at radius 1 is 1.28 bits per heavy atom. The fourth-order valence-corrected chi connectivity index (χ4v) is 3.47. The average molecular weight is 345 g/mol. The molecule has 1 N–H and O–H groups in total. The molecule has 2 rings (SSSR count). The van der Waals surface area contributed by atoms with E-state index in [-0.39, 0.29) is 17.9 Å². The van der Waals surface area contributed by atoms with Gasteiger partial charge in [0.2, 0.25) is 11.8 Å². The first kappa shape index (κ1) is 19.4. The van der Waals surface area contributed by atoms with Gasteiger partial charge in [0, 0.05) is 37.0 Å². The predicted molar refractivity (Wildman–Crippen MR) is 98.9 cm³/mol. The summed E-state index contributed by atoms with van der Waals surface area (Å²) < 4.78 is 0. The van der Waals surface area contributed by atoms with Crippen molar-refractivity contribution in [2.75, 3.05) is 6.54 Å². The van der Waals surface area contributed by atoms with Gasteiger partial charge in [0.05, 0.1) is 0 Å². The molecule has 1 fully saturated rings. The molecule has 138 valence electrons. The second kappa shape index (κ2) is 10.2. The first-order chi connectivity index (χ1) is 12.2. The molecular weight excluding hydrogens is 314 g/mol. The number of nitrogens with zero attached hydrogens (tertiary/aromatic N) is 2. The van der Waals surface area contributed by atoms with Crippen LogP contribution in [0.25, 0.3) is 0 Å². The number of aromatic nitrogens is 1. The number of amides is 2. The van der Waals surface area contributed by atoms with Crippen molar-refractivity contribution in [2.45, 2.75) is 77.3 Å². The van der Waals surface area contributed by atoms with Crippen molar-refractivity contribution in [1.82, 2.24) is 15.2 Å². The van der Waals surface area contributed by atoms with Gasteiger partial charge in [-0.25, -0.2) is 0 Å². The summed E-state index contributed by atoms with van der Waals surface area (Å²) >= 11 is 0. The van der Waals surface area contributed by atoms with Crippen LogP contribution in [0.3, 0.4) is 0 Å². The van der Waals surface area contributed by atoms with Crippen molar-refractivity contribution in [3.63, 3.8) is 0 Å². The van der Waals surface area contributed by atoms with Gasteiger partial charge in [-0.2, -0.15) is 0 Å². The van der Waals surface area contributed by atoms with Gasteiger partial charge in [0.1, 0.15) is 6.04 Å². The van der Waals surface area contributed by atoms with Gasteiger partial charge >= 0.3 is 0 Å². The molecule has 1 aliphatic carbocycles. The molecule has 1 heterocycles.